The third-order valence-corrected chi connectivity index (χ3v) is 2.85. The van der Waals surface area contributed by atoms with Crippen molar-refractivity contribution < 1.29 is 9.90 Å². The highest BCUT2D eigenvalue weighted by Crippen LogP contribution is 2.10. The summed E-state index contributed by atoms with van der Waals surface area (Å²) >= 11 is 3.35. The van der Waals surface area contributed by atoms with Gasteiger partial charge in [0.1, 0.15) is 5.75 Å². The van der Waals surface area contributed by atoms with Crippen molar-refractivity contribution in [3.63, 3.8) is 0 Å². The molecule has 0 fully saturated rings. The fourth-order valence-electron chi connectivity index (χ4n) is 1.43. The van der Waals surface area contributed by atoms with Gasteiger partial charge in [0, 0.05) is 10.0 Å². The minimum absolute atomic E-state index is 0.120. The summed E-state index contributed by atoms with van der Waals surface area (Å²) in [7, 11) is 0. The van der Waals surface area contributed by atoms with Crippen LogP contribution in [0.5, 0.6) is 5.75 Å². The molecule has 0 spiro atoms. The molecule has 0 heterocycles. The summed E-state index contributed by atoms with van der Waals surface area (Å²) in [5, 5.41) is 13.0. The first-order valence-electron chi connectivity index (χ1n) is 5.53. The number of carbonyl (C=O) groups is 1. The monoisotopic (exact) mass is 318 g/mol. The van der Waals surface area contributed by atoms with E-state index in [0.29, 0.717) is 5.56 Å². The third kappa shape index (κ3) is 3.93. The molecule has 96 valence electrons. The number of halogens is 1. The van der Waals surface area contributed by atoms with Crippen LogP contribution in [0.1, 0.15) is 15.9 Å². The number of nitrogens with zero attached hydrogens (tertiary/aromatic N) is 1. The van der Waals surface area contributed by atoms with Gasteiger partial charge in [-0.15, -0.1) is 0 Å². The fourth-order valence-corrected chi connectivity index (χ4v) is 1.85. The van der Waals surface area contributed by atoms with Gasteiger partial charge < -0.3 is 5.11 Å². The lowest BCUT2D eigenvalue weighted by Gasteiger charge is -2.00. The number of hydrazone groups is 1. The van der Waals surface area contributed by atoms with E-state index in [-0.39, 0.29) is 11.7 Å². The van der Waals surface area contributed by atoms with E-state index in [1.54, 1.807) is 6.21 Å². The maximum atomic E-state index is 11.7. The SMILES string of the molecule is O=C(NN=Cc1cccc(Br)c1)c1ccc(O)cc1. The molecule has 4 nitrogen and oxygen atoms in total. The summed E-state index contributed by atoms with van der Waals surface area (Å²) in [6.07, 6.45) is 1.56. The molecule has 0 saturated heterocycles. The van der Waals surface area contributed by atoms with E-state index < -0.39 is 0 Å². The molecule has 2 rings (SSSR count). The second kappa shape index (κ2) is 6.15. The standard InChI is InChI=1S/C14H11BrN2O2/c15-12-3-1-2-10(8-12)9-16-17-14(19)11-4-6-13(18)7-5-11/h1-9,18H,(H,17,19). The molecule has 0 bridgehead atoms. The Morgan fingerprint density at radius 2 is 1.95 bits per heavy atom. The predicted molar refractivity (Wildman–Crippen MR) is 77.3 cm³/mol. The van der Waals surface area contributed by atoms with Crippen molar-refractivity contribution in [3.05, 3.63) is 64.1 Å². The first kappa shape index (κ1) is 13.3. The summed E-state index contributed by atoms with van der Waals surface area (Å²) in [5.74, 6) is -0.208. The van der Waals surface area contributed by atoms with E-state index in [1.807, 2.05) is 24.3 Å². The van der Waals surface area contributed by atoms with Crippen molar-refractivity contribution in [2.75, 3.05) is 0 Å². The topological polar surface area (TPSA) is 61.7 Å². The summed E-state index contributed by atoms with van der Waals surface area (Å²) < 4.78 is 0.946. The van der Waals surface area contributed by atoms with Crippen LogP contribution >= 0.6 is 15.9 Å². The number of hydrogen-bond acceptors (Lipinski definition) is 3. The maximum Gasteiger partial charge on any atom is 0.271 e. The summed E-state index contributed by atoms with van der Waals surface area (Å²) in [4.78, 5) is 11.7. The van der Waals surface area contributed by atoms with Crippen molar-refractivity contribution in [1.82, 2.24) is 5.43 Å². The van der Waals surface area contributed by atoms with E-state index >= 15 is 0 Å². The number of amides is 1. The molecule has 1 amide bonds. The third-order valence-electron chi connectivity index (χ3n) is 2.36. The first-order valence-corrected chi connectivity index (χ1v) is 6.32. The zero-order chi connectivity index (χ0) is 13.7. The van der Waals surface area contributed by atoms with Crippen molar-refractivity contribution in [3.8, 4) is 5.75 Å². The fraction of sp³-hybridized carbons (Fsp3) is 0. The highest BCUT2D eigenvalue weighted by atomic mass is 79.9. The van der Waals surface area contributed by atoms with Crippen LogP contribution in [0.15, 0.2) is 58.1 Å². The second-order valence-electron chi connectivity index (χ2n) is 3.80. The number of carbonyl (C=O) groups excluding carboxylic acids is 1. The van der Waals surface area contributed by atoms with Crippen molar-refractivity contribution in [1.29, 1.82) is 0 Å². The van der Waals surface area contributed by atoms with Crippen LogP contribution in [0.2, 0.25) is 0 Å². The normalized spacial score (nSPS) is 10.6. The number of benzene rings is 2. The number of aromatic hydroxyl groups is 1. The van der Waals surface area contributed by atoms with Crippen LogP contribution in [0.3, 0.4) is 0 Å². The molecule has 2 aromatic carbocycles. The average Bonchev–Trinajstić information content (AvgIpc) is 2.39. The average molecular weight is 319 g/mol. The van der Waals surface area contributed by atoms with Gasteiger partial charge in [0.05, 0.1) is 6.21 Å². The van der Waals surface area contributed by atoms with Gasteiger partial charge in [-0.05, 0) is 42.0 Å². The lowest BCUT2D eigenvalue weighted by atomic mass is 10.2. The molecule has 0 unspecified atom stereocenters. The molecule has 2 aromatic rings. The number of phenolic OH excluding ortho intramolecular Hbond substituents is 1. The van der Waals surface area contributed by atoms with Crippen molar-refractivity contribution >= 4 is 28.1 Å². The van der Waals surface area contributed by atoms with Crippen molar-refractivity contribution in [2.24, 2.45) is 5.10 Å². The molecule has 0 aliphatic rings. The predicted octanol–water partition coefficient (Wildman–Crippen LogP) is 2.92. The van der Waals surface area contributed by atoms with Gasteiger partial charge in [0.15, 0.2) is 0 Å². The van der Waals surface area contributed by atoms with E-state index in [4.69, 9.17) is 5.11 Å². The van der Waals surface area contributed by atoms with E-state index in [1.165, 1.54) is 24.3 Å². The summed E-state index contributed by atoms with van der Waals surface area (Å²) in [6.45, 7) is 0. The summed E-state index contributed by atoms with van der Waals surface area (Å²) in [5.41, 5.74) is 3.73. The van der Waals surface area contributed by atoms with Gasteiger partial charge in [-0.2, -0.15) is 5.10 Å². The number of nitrogens with one attached hydrogen (secondary N) is 1. The van der Waals surface area contributed by atoms with Gasteiger partial charge in [-0.25, -0.2) is 5.43 Å². The molecule has 0 aromatic heterocycles. The summed E-state index contributed by atoms with van der Waals surface area (Å²) in [6, 6.07) is 13.5. The van der Waals surface area contributed by atoms with Crippen LogP contribution in [0, 0.1) is 0 Å². The van der Waals surface area contributed by atoms with E-state index in [0.717, 1.165) is 10.0 Å². The highest BCUT2D eigenvalue weighted by Gasteiger charge is 2.02. The molecular weight excluding hydrogens is 308 g/mol. The van der Waals surface area contributed by atoms with Gasteiger partial charge in [0.25, 0.3) is 5.91 Å². The zero-order valence-corrected chi connectivity index (χ0v) is 11.5. The minimum atomic E-state index is -0.328. The lowest BCUT2D eigenvalue weighted by Crippen LogP contribution is -2.17. The minimum Gasteiger partial charge on any atom is -0.508 e. The van der Waals surface area contributed by atoms with Crippen LogP contribution in [-0.2, 0) is 0 Å². The molecule has 0 atom stereocenters. The van der Waals surface area contributed by atoms with Crippen LogP contribution in [0.4, 0.5) is 0 Å². The number of hydrogen-bond donors (Lipinski definition) is 2. The molecule has 5 heteroatoms. The second-order valence-corrected chi connectivity index (χ2v) is 4.72. The van der Waals surface area contributed by atoms with Gasteiger partial charge in [0.2, 0.25) is 0 Å². The Bertz CT molecular complexity index is 609. The Morgan fingerprint density at radius 3 is 2.63 bits per heavy atom. The van der Waals surface area contributed by atoms with Crippen LogP contribution in [-0.4, -0.2) is 17.2 Å². The smallest absolute Gasteiger partial charge is 0.271 e. The molecule has 0 aliphatic heterocycles. The van der Waals surface area contributed by atoms with Gasteiger partial charge in [-0.1, -0.05) is 28.1 Å². The lowest BCUT2D eigenvalue weighted by molar-refractivity contribution is 0.0955. The molecule has 0 aliphatic carbocycles. The first-order chi connectivity index (χ1) is 9.15. The molecule has 0 radical (unpaired) electrons. The van der Waals surface area contributed by atoms with E-state index in [9.17, 15) is 4.79 Å². The van der Waals surface area contributed by atoms with E-state index in [2.05, 4.69) is 26.5 Å². The molecule has 0 saturated carbocycles. The Hall–Kier alpha value is -2.14. The maximum absolute atomic E-state index is 11.7. The Morgan fingerprint density at radius 1 is 1.21 bits per heavy atom. The molecule has 19 heavy (non-hydrogen) atoms. The van der Waals surface area contributed by atoms with Gasteiger partial charge in [-0.3, -0.25) is 4.79 Å². The zero-order valence-electron chi connectivity index (χ0n) is 9.88. The van der Waals surface area contributed by atoms with Crippen LogP contribution < -0.4 is 5.43 Å². The quantitative estimate of drug-likeness (QED) is 0.675. The largest absolute Gasteiger partial charge is 0.508 e. The Kier molecular flexibility index (Phi) is 4.30. The molecular formula is C14H11BrN2O2. The number of phenols is 1. The van der Waals surface area contributed by atoms with Crippen LogP contribution in [0.25, 0.3) is 0 Å². The van der Waals surface area contributed by atoms with Gasteiger partial charge >= 0.3 is 0 Å². The Labute approximate surface area is 118 Å². The van der Waals surface area contributed by atoms with Crippen molar-refractivity contribution in [2.45, 2.75) is 0 Å². The Balaban J connectivity index is 1.98. The highest BCUT2D eigenvalue weighted by molar-refractivity contribution is 9.10. The molecule has 2 N–H and O–H groups in total. The number of rotatable bonds is 3.